The van der Waals surface area contributed by atoms with E-state index < -0.39 is 0 Å². The number of amides is 1. The van der Waals surface area contributed by atoms with Crippen LogP contribution in [0, 0.1) is 5.82 Å². The van der Waals surface area contributed by atoms with Gasteiger partial charge in [0.15, 0.2) is 11.6 Å². The number of benzene rings is 1. The second-order valence-electron chi connectivity index (χ2n) is 6.60. The Morgan fingerprint density at radius 1 is 1.03 bits per heavy atom. The molecule has 3 aromatic heterocycles. The van der Waals surface area contributed by atoms with Crippen LogP contribution >= 0.6 is 11.3 Å². The minimum atomic E-state index is -0.362. The molecule has 1 aromatic carbocycles. The van der Waals surface area contributed by atoms with Crippen LogP contribution in [-0.2, 0) is 13.1 Å². The third kappa shape index (κ3) is 3.29. The summed E-state index contributed by atoms with van der Waals surface area (Å²) < 4.78 is 15.1. The molecule has 0 spiro atoms. The standard InChI is InChI=1S/C20H15FN6OS/c21-15-3-1-14(2-4-15)20(28)26-9-10-27-17(11-26)24-25-18(27)16-12-29-19(23-16)13-5-7-22-8-6-13/h1-8,12H,9-11H2. The molecule has 0 atom stereocenters. The van der Waals surface area contributed by atoms with Crippen LogP contribution in [0.3, 0.4) is 0 Å². The van der Waals surface area contributed by atoms with Crippen LogP contribution in [0.1, 0.15) is 16.2 Å². The number of aromatic nitrogens is 5. The number of rotatable bonds is 3. The monoisotopic (exact) mass is 406 g/mol. The lowest BCUT2D eigenvalue weighted by molar-refractivity contribution is 0.0708. The van der Waals surface area contributed by atoms with Gasteiger partial charge in [-0.2, -0.15) is 0 Å². The summed E-state index contributed by atoms with van der Waals surface area (Å²) in [5.74, 6) is 0.902. The normalized spacial score (nSPS) is 13.3. The van der Waals surface area contributed by atoms with E-state index in [1.165, 1.54) is 24.3 Å². The number of hydrogen-bond acceptors (Lipinski definition) is 6. The fourth-order valence-corrected chi connectivity index (χ4v) is 4.10. The Morgan fingerprint density at radius 2 is 1.83 bits per heavy atom. The van der Waals surface area contributed by atoms with Crippen molar-refractivity contribution in [2.45, 2.75) is 13.1 Å². The molecular weight excluding hydrogens is 391 g/mol. The maximum Gasteiger partial charge on any atom is 0.254 e. The van der Waals surface area contributed by atoms with Crippen molar-refractivity contribution in [2.24, 2.45) is 0 Å². The molecule has 0 saturated heterocycles. The first-order valence-electron chi connectivity index (χ1n) is 9.02. The Labute approximate surface area is 169 Å². The van der Waals surface area contributed by atoms with E-state index in [9.17, 15) is 9.18 Å². The van der Waals surface area contributed by atoms with Gasteiger partial charge in [0.25, 0.3) is 5.91 Å². The first kappa shape index (κ1) is 17.6. The number of hydrogen-bond donors (Lipinski definition) is 0. The van der Waals surface area contributed by atoms with Crippen LogP contribution < -0.4 is 0 Å². The number of halogens is 1. The zero-order valence-corrected chi connectivity index (χ0v) is 16.0. The summed E-state index contributed by atoms with van der Waals surface area (Å²) in [7, 11) is 0. The van der Waals surface area contributed by atoms with Gasteiger partial charge < -0.3 is 9.47 Å². The Kier molecular flexibility index (Phi) is 4.36. The predicted molar refractivity (Wildman–Crippen MR) is 106 cm³/mol. The molecule has 5 rings (SSSR count). The number of carbonyl (C=O) groups excluding carboxylic acids is 1. The molecule has 1 aliphatic heterocycles. The predicted octanol–water partition coefficient (Wildman–Crippen LogP) is 3.26. The lowest BCUT2D eigenvalue weighted by Gasteiger charge is -2.27. The zero-order chi connectivity index (χ0) is 19.8. The van der Waals surface area contributed by atoms with E-state index >= 15 is 0 Å². The second kappa shape index (κ2) is 7.17. The molecule has 9 heteroatoms. The van der Waals surface area contributed by atoms with Gasteiger partial charge in [-0.1, -0.05) is 0 Å². The number of carbonyl (C=O) groups is 1. The van der Waals surface area contributed by atoms with E-state index in [-0.39, 0.29) is 11.7 Å². The Morgan fingerprint density at radius 3 is 2.62 bits per heavy atom. The number of fused-ring (bicyclic) bond motifs is 1. The first-order chi connectivity index (χ1) is 14.2. The van der Waals surface area contributed by atoms with Gasteiger partial charge in [-0.25, -0.2) is 9.37 Å². The van der Waals surface area contributed by atoms with Gasteiger partial charge in [-0.3, -0.25) is 9.78 Å². The summed E-state index contributed by atoms with van der Waals surface area (Å²) in [5, 5.41) is 11.4. The van der Waals surface area contributed by atoms with E-state index in [2.05, 4.69) is 15.2 Å². The van der Waals surface area contributed by atoms with E-state index in [4.69, 9.17) is 4.98 Å². The third-order valence-corrected chi connectivity index (χ3v) is 5.68. The van der Waals surface area contributed by atoms with Crippen LogP contribution in [0.25, 0.3) is 22.1 Å². The highest BCUT2D eigenvalue weighted by molar-refractivity contribution is 7.13. The fourth-order valence-electron chi connectivity index (χ4n) is 3.30. The van der Waals surface area contributed by atoms with E-state index in [0.29, 0.717) is 36.8 Å². The van der Waals surface area contributed by atoms with Gasteiger partial charge in [0, 0.05) is 42.0 Å². The SMILES string of the molecule is O=C(c1ccc(F)cc1)N1CCn2c(nnc2-c2csc(-c3ccncc3)n2)C1. The largest absolute Gasteiger partial charge is 0.329 e. The van der Waals surface area contributed by atoms with E-state index in [0.717, 1.165) is 16.3 Å². The molecule has 7 nitrogen and oxygen atoms in total. The highest BCUT2D eigenvalue weighted by Crippen LogP contribution is 2.29. The van der Waals surface area contributed by atoms with Crippen molar-refractivity contribution >= 4 is 17.2 Å². The van der Waals surface area contributed by atoms with Crippen LogP contribution in [0.15, 0.2) is 54.2 Å². The van der Waals surface area contributed by atoms with Crippen LogP contribution in [0.4, 0.5) is 4.39 Å². The molecule has 0 N–H and O–H groups in total. The van der Waals surface area contributed by atoms with Gasteiger partial charge in [0.05, 0.1) is 6.54 Å². The highest BCUT2D eigenvalue weighted by Gasteiger charge is 2.26. The lowest BCUT2D eigenvalue weighted by Crippen LogP contribution is -2.38. The van der Waals surface area contributed by atoms with Crippen LogP contribution in [-0.4, -0.2) is 42.1 Å². The molecule has 4 heterocycles. The first-order valence-corrected chi connectivity index (χ1v) is 9.90. The summed E-state index contributed by atoms with van der Waals surface area (Å²) in [6.07, 6.45) is 3.48. The highest BCUT2D eigenvalue weighted by atomic mass is 32.1. The summed E-state index contributed by atoms with van der Waals surface area (Å²) >= 11 is 1.54. The molecule has 29 heavy (non-hydrogen) atoms. The molecular formula is C20H15FN6OS. The van der Waals surface area contributed by atoms with Crippen molar-refractivity contribution in [2.75, 3.05) is 6.54 Å². The van der Waals surface area contributed by atoms with Crippen molar-refractivity contribution in [3.05, 3.63) is 71.4 Å². The third-order valence-electron chi connectivity index (χ3n) is 4.79. The molecule has 0 bridgehead atoms. The minimum absolute atomic E-state index is 0.144. The Balaban J connectivity index is 1.38. The molecule has 4 aromatic rings. The second-order valence-corrected chi connectivity index (χ2v) is 7.46. The number of nitrogens with zero attached hydrogens (tertiary/aromatic N) is 6. The molecule has 0 unspecified atom stereocenters. The zero-order valence-electron chi connectivity index (χ0n) is 15.2. The lowest BCUT2D eigenvalue weighted by atomic mass is 10.2. The molecule has 0 radical (unpaired) electrons. The maximum atomic E-state index is 13.1. The smallest absolute Gasteiger partial charge is 0.254 e. The van der Waals surface area contributed by atoms with Crippen molar-refractivity contribution in [1.82, 2.24) is 29.6 Å². The maximum absolute atomic E-state index is 13.1. The molecule has 1 aliphatic rings. The fraction of sp³-hybridized carbons (Fsp3) is 0.150. The minimum Gasteiger partial charge on any atom is -0.329 e. The van der Waals surface area contributed by atoms with Gasteiger partial charge in [0.1, 0.15) is 16.5 Å². The summed E-state index contributed by atoms with van der Waals surface area (Å²) in [6.45, 7) is 1.45. The van der Waals surface area contributed by atoms with E-state index in [1.54, 1.807) is 28.6 Å². The molecule has 0 aliphatic carbocycles. The van der Waals surface area contributed by atoms with Crippen molar-refractivity contribution in [3.63, 3.8) is 0 Å². The molecule has 0 saturated carbocycles. The topological polar surface area (TPSA) is 76.8 Å². The average Bonchev–Trinajstić information content (AvgIpc) is 3.41. The molecule has 0 fully saturated rings. The van der Waals surface area contributed by atoms with Gasteiger partial charge in [-0.15, -0.1) is 21.5 Å². The molecule has 1 amide bonds. The Bertz CT molecular complexity index is 1170. The van der Waals surface area contributed by atoms with Crippen molar-refractivity contribution < 1.29 is 9.18 Å². The van der Waals surface area contributed by atoms with Crippen molar-refractivity contribution in [3.8, 4) is 22.1 Å². The summed E-state index contributed by atoms with van der Waals surface area (Å²) in [5.41, 5.74) is 2.23. The number of thiazole rings is 1. The molecule has 144 valence electrons. The Hall–Kier alpha value is -3.46. The van der Waals surface area contributed by atoms with Crippen LogP contribution in [0.2, 0.25) is 0 Å². The van der Waals surface area contributed by atoms with Crippen molar-refractivity contribution in [1.29, 1.82) is 0 Å². The number of pyridine rings is 1. The summed E-state index contributed by atoms with van der Waals surface area (Å²) in [6, 6.07) is 9.42. The van der Waals surface area contributed by atoms with Crippen LogP contribution in [0.5, 0.6) is 0 Å². The average molecular weight is 406 g/mol. The van der Waals surface area contributed by atoms with Gasteiger partial charge in [-0.05, 0) is 36.4 Å². The van der Waals surface area contributed by atoms with E-state index in [1.807, 2.05) is 22.1 Å². The quantitative estimate of drug-likeness (QED) is 0.522. The van der Waals surface area contributed by atoms with Gasteiger partial charge >= 0.3 is 0 Å². The van der Waals surface area contributed by atoms with Gasteiger partial charge in [0.2, 0.25) is 0 Å². The summed E-state index contributed by atoms with van der Waals surface area (Å²) in [4.78, 5) is 23.1.